The Bertz CT molecular complexity index is 1050. The van der Waals surface area contributed by atoms with Crippen molar-refractivity contribution in [3.8, 4) is 11.8 Å². The number of nitriles is 1. The predicted molar refractivity (Wildman–Crippen MR) is 119 cm³/mol. The van der Waals surface area contributed by atoms with Crippen LogP contribution < -0.4 is 10.1 Å². The molecule has 4 fully saturated rings. The molecule has 1 aromatic rings. The van der Waals surface area contributed by atoms with E-state index in [1.54, 1.807) is 24.4 Å². The van der Waals surface area contributed by atoms with Crippen molar-refractivity contribution in [1.82, 2.24) is 20.1 Å². The summed E-state index contributed by atoms with van der Waals surface area (Å²) >= 11 is 0. The van der Waals surface area contributed by atoms with Crippen LogP contribution >= 0.6 is 0 Å². The van der Waals surface area contributed by atoms with E-state index in [1.165, 1.54) is 0 Å². The average molecular weight is 468 g/mol. The van der Waals surface area contributed by atoms with Crippen LogP contribution in [0.15, 0.2) is 18.5 Å². The molecule has 2 N–H and O–H groups in total. The molecule has 3 saturated heterocycles. The molecule has 0 bridgehead atoms. The van der Waals surface area contributed by atoms with Crippen molar-refractivity contribution in [1.29, 1.82) is 5.26 Å². The number of aromatic nitrogens is 1. The monoisotopic (exact) mass is 467 g/mol. The number of likely N-dealkylation sites (tertiary alicyclic amines) is 1. The van der Waals surface area contributed by atoms with Gasteiger partial charge in [-0.3, -0.25) is 14.6 Å². The summed E-state index contributed by atoms with van der Waals surface area (Å²) in [7, 11) is 1.57. The number of carbonyl (C=O) groups excluding carboxylic acids is 2. The topological polar surface area (TPSA) is 136 Å². The first-order valence-electron chi connectivity index (χ1n) is 11.9. The quantitative estimate of drug-likeness (QED) is 0.690. The molecule has 180 valence electrons. The van der Waals surface area contributed by atoms with Crippen LogP contribution in [0, 0.1) is 17.2 Å². The minimum absolute atomic E-state index is 0.0510. The molecule has 3 amide bonds. The van der Waals surface area contributed by atoms with E-state index in [-0.39, 0.29) is 29.7 Å². The number of carbonyl (C=O) groups is 3. The SMILES string of the molecule is COc1cncc([C@H]2CN(C(=O)[C@@H]3CC[C@@H]4CCC[C@H](NC(=O)O)C(=O)N43)C3(CC3)[C@@H]2C#N)c1. The van der Waals surface area contributed by atoms with Gasteiger partial charge in [-0.25, -0.2) is 4.79 Å². The molecule has 5 atom stereocenters. The molecule has 34 heavy (non-hydrogen) atoms. The van der Waals surface area contributed by atoms with Crippen LogP contribution in [0.5, 0.6) is 5.75 Å². The van der Waals surface area contributed by atoms with E-state index in [4.69, 9.17) is 9.84 Å². The van der Waals surface area contributed by atoms with Crippen molar-refractivity contribution >= 4 is 17.9 Å². The lowest BCUT2D eigenvalue weighted by Gasteiger charge is -2.35. The molecular formula is C24H29N5O5. The van der Waals surface area contributed by atoms with Gasteiger partial charge in [0, 0.05) is 24.7 Å². The van der Waals surface area contributed by atoms with Crippen molar-refractivity contribution < 1.29 is 24.2 Å². The average Bonchev–Trinajstić information content (AvgIpc) is 3.43. The van der Waals surface area contributed by atoms with Gasteiger partial charge in [-0.05, 0) is 56.6 Å². The standard InChI is InChI=1S/C24H29N5O5/c1-34-16-9-14(11-26-12-16)17-13-28(24(7-8-24)18(17)10-25)22(31)20-6-5-15-3-2-4-19(27-23(32)33)21(30)29(15)20/h9,11-12,15,17-20,27H,2-8,13H2,1H3,(H,32,33)/t15-,17+,18+,19-,20-/m0/s1. The molecule has 1 aromatic heterocycles. The summed E-state index contributed by atoms with van der Waals surface area (Å²) in [4.78, 5) is 46.2. The molecule has 0 radical (unpaired) electrons. The van der Waals surface area contributed by atoms with E-state index in [0.717, 1.165) is 37.7 Å². The highest BCUT2D eigenvalue weighted by atomic mass is 16.5. The third-order valence-electron chi connectivity index (χ3n) is 8.13. The molecule has 3 aliphatic heterocycles. The van der Waals surface area contributed by atoms with Gasteiger partial charge < -0.3 is 25.0 Å². The van der Waals surface area contributed by atoms with Crippen LogP contribution in [0.3, 0.4) is 0 Å². The summed E-state index contributed by atoms with van der Waals surface area (Å²) < 4.78 is 5.31. The fraction of sp³-hybridized carbons (Fsp3) is 0.625. The highest BCUT2D eigenvalue weighted by Gasteiger charge is 2.64. The lowest BCUT2D eigenvalue weighted by molar-refractivity contribution is -0.147. The molecule has 0 unspecified atom stereocenters. The summed E-state index contributed by atoms with van der Waals surface area (Å²) in [6.07, 6.45) is 6.85. The third-order valence-corrected chi connectivity index (χ3v) is 8.13. The van der Waals surface area contributed by atoms with Crippen LogP contribution in [0.4, 0.5) is 4.79 Å². The van der Waals surface area contributed by atoms with Gasteiger partial charge in [0.2, 0.25) is 11.8 Å². The van der Waals surface area contributed by atoms with Crippen molar-refractivity contribution in [2.45, 2.75) is 74.5 Å². The van der Waals surface area contributed by atoms with E-state index in [0.29, 0.717) is 25.1 Å². The van der Waals surface area contributed by atoms with E-state index < -0.39 is 23.7 Å². The molecule has 4 aliphatic rings. The highest BCUT2D eigenvalue weighted by Crippen LogP contribution is 2.58. The Morgan fingerprint density at radius 1 is 1.26 bits per heavy atom. The molecular weight excluding hydrogens is 438 g/mol. The number of hydrogen-bond donors (Lipinski definition) is 2. The van der Waals surface area contributed by atoms with Gasteiger partial charge in [-0.15, -0.1) is 0 Å². The van der Waals surface area contributed by atoms with Gasteiger partial charge >= 0.3 is 6.09 Å². The minimum atomic E-state index is -1.23. The van der Waals surface area contributed by atoms with Crippen LogP contribution in [0.2, 0.25) is 0 Å². The van der Waals surface area contributed by atoms with E-state index in [2.05, 4.69) is 16.4 Å². The van der Waals surface area contributed by atoms with Gasteiger partial charge in [0.15, 0.2) is 0 Å². The first kappa shape index (κ1) is 22.4. The van der Waals surface area contributed by atoms with Crippen LogP contribution in [0.1, 0.15) is 56.4 Å². The van der Waals surface area contributed by atoms with Gasteiger partial charge in [-0.2, -0.15) is 5.26 Å². The maximum atomic E-state index is 14.0. The molecule has 10 heteroatoms. The number of fused-ring (bicyclic) bond motifs is 1. The first-order chi connectivity index (χ1) is 16.4. The third kappa shape index (κ3) is 3.54. The number of carboxylic acid groups (broad SMARTS) is 1. The second-order valence-corrected chi connectivity index (χ2v) is 9.85. The summed E-state index contributed by atoms with van der Waals surface area (Å²) in [5, 5.41) is 21.6. The molecule has 1 spiro atoms. The highest BCUT2D eigenvalue weighted by molar-refractivity contribution is 5.93. The van der Waals surface area contributed by atoms with Gasteiger partial charge in [0.1, 0.15) is 17.8 Å². The van der Waals surface area contributed by atoms with Crippen LogP contribution in [-0.2, 0) is 9.59 Å². The van der Waals surface area contributed by atoms with Crippen LogP contribution in [-0.4, -0.2) is 75.1 Å². The predicted octanol–water partition coefficient (Wildman–Crippen LogP) is 1.87. The Balaban J connectivity index is 1.42. The molecule has 1 aliphatic carbocycles. The Kier molecular flexibility index (Phi) is 5.58. The fourth-order valence-corrected chi connectivity index (χ4v) is 6.37. The van der Waals surface area contributed by atoms with Crippen molar-refractivity contribution in [2.75, 3.05) is 13.7 Å². The second-order valence-electron chi connectivity index (χ2n) is 9.85. The zero-order valence-corrected chi connectivity index (χ0v) is 19.1. The Morgan fingerprint density at radius 3 is 2.74 bits per heavy atom. The maximum Gasteiger partial charge on any atom is 0.405 e. The number of amides is 3. The number of rotatable bonds is 4. The molecule has 10 nitrogen and oxygen atoms in total. The van der Waals surface area contributed by atoms with Crippen molar-refractivity contribution in [3.63, 3.8) is 0 Å². The number of nitrogens with one attached hydrogen (secondary N) is 1. The van der Waals surface area contributed by atoms with Gasteiger partial charge in [0.05, 0.1) is 30.8 Å². The van der Waals surface area contributed by atoms with Crippen molar-refractivity contribution in [3.05, 3.63) is 24.0 Å². The fourth-order valence-electron chi connectivity index (χ4n) is 6.37. The summed E-state index contributed by atoms with van der Waals surface area (Å²) in [5.41, 5.74) is 0.360. The number of methoxy groups -OCH3 is 1. The zero-order valence-electron chi connectivity index (χ0n) is 19.1. The maximum absolute atomic E-state index is 14.0. The van der Waals surface area contributed by atoms with Gasteiger partial charge in [0.25, 0.3) is 0 Å². The normalized spacial score (nSPS) is 31.5. The first-order valence-corrected chi connectivity index (χ1v) is 11.9. The Morgan fingerprint density at radius 2 is 2.06 bits per heavy atom. The Labute approximate surface area is 197 Å². The minimum Gasteiger partial charge on any atom is -0.495 e. The Hall–Kier alpha value is -3.35. The molecule has 4 heterocycles. The number of pyridine rings is 1. The van der Waals surface area contributed by atoms with Gasteiger partial charge in [-0.1, -0.05) is 0 Å². The molecule has 5 rings (SSSR count). The number of ether oxygens (including phenoxy) is 1. The smallest absolute Gasteiger partial charge is 0.405 e. The molecule has 1 saturated carbocycles. The zero-order chi connectivity index (χ0) is 24.0. The second kappa shape index (κ2) is 8.46. The summed E-state index contributed by atoms with van der Waals surface area (Å²) in [6, 6.07) is 2.84. The summed E-state index contributed by atoms with van der Waals surface area (Å²) in [6.45, 7) is 0.395. The van der Waals surface area contributed by atoms with Crippen molar-refractivity contribution in [2.24, 2.45) is 5.92 Å². The van der Waals surface area contributed by atoms with Crippen LogP contribution in [0.25, 0.3) is 0 Å². The number of hydrogen-bond acceptors (Lipinski definition) is 6. The lowest BCUT2D eigenvalue weighted by atomic mass is 9.85. The molecule has 0 aromatic carbocycles. The lowest BCUT2D eigenvalue weighted by Crippen LogP contribution is -2.56. The largest absolute Gasteiger partial charge is 0.495 e. The van der Waals surface area contributed by atoms with E-state index in [9.17, 15) is 19.6 Å². The van der Waals surface area contributed by atoms with E-state index in [1.807, 2.05) is 11.0 Å². The summed E-state index contributed by atoms with van der Waals surface area (Å²) in [5.74, 6) is -0.367. The number of nitrogens with zero attached hydrogens (tertiary/aromatic N) is 4. The van der Waals surface area contributed by atoms with E-state index >= 15 is 0 Å².